The number of aromatic nitrogens is 1. The third kappa shape index (κ3) is 3.40. The first-order chi connectivity index (χ1) is 11.7. The number of hydrogen-bond donors (Lipinski definition) is 0. The molecule has 1 aliphatic rings. The van der Waals surface area contributed by atoms with Gasteiger partial charge in [-0.3, -0.25) is 10.1 Å². The second kappa shape index (κ2) is 7.04. The summed E-state index contributed by atoms with van der Waals surface area (Å²) in [7, 11) is 0. The van der Waals surface area contributed by atoms with Crippen molar-refractivity contribution in [1.82, 2.24) is 0 Å². The van der Waals surface area contributed by atoms with Gasteiger partial charge in [-0.1, -0.05) is 18.2 Å². The maximum absolute atomic E-state index is 11.2. The highest BCUT2D eigenvalue weighted by Gasteiger charge is 2.23. The monoisotopic (exact) mass is 358 g/mol. The first-order valence-corrected chi connectivity index (χ1v) is 7.59. The Labute approximate surface area is 150 Å². The van der Waals surface area contributed by atoms with Gasteiger partial charge in [0.15, 0.2) is 25.7 Å². The van der Waals surface area contributed by atoms with Gasteiger partial charge in [0, 0.05) is 29.1 Å². The molecular weight excluding hydrogens is 344 g/mol. The lowest BCUT2D eigenvalue weighted by Gasteiger charge is -2.19. The van der Waals surface area contributed by atoms with Crippen molar-refractivity contribution < 1.29 is 31.4 Å². The van der Waals surface area contributed by atoms with Crippen LogP contribution in [0.3, 0.4) is 0 Å². The van der Waals surface area contributed by atoms with Crippen molar-refractivity contribution in [2.24, 2.45) is 0 Å². The van der Waals surface area contributed by atoms with E-state index in [0.29, 0.717) is 24.5 Å². The minimum Gasteiger partial charge on any atom is -1.00 e. The van der Waals surface area contributed by atoms with Crippen molar-refractivity contribution in [3.63, 3.8) is 0 Å². The molecule has 0 radical (unpaired) electrons. The minimum atomic E-state index is -0.385. The molecule has 1 aliphatic heterocycles. The first-order valence-electron chi connectivity index (χ1n) is 7.59. The number of ether oxygens (including phenoxy) is 2. The largest absolute Gasteiger partial charge is 1.00 e. The summed E-state index contributed by atoms with van der Waals surface area (Å²) in [6.45, 7) is 0.988. The number of pyridine rings is 1. The molecule has 0 N–H and O–H groups in total. The summed E-state index contributed by atoms with van der Waals surface area (Å²) in [4.78, 5) is 10.8. The standard InChI is InChI=1S/C18H15N2O4.ClH/c21-20(22)17-7-15(18-16(8-17)11-23-12-24-18)10-19-6-5-13-3-1-2-4-14(13)9-19;/h1-9H,10-12H2;1H/q+1;/p-1. The number of benzene rings is 2. The van der Waals surface area contributed by atoms with Crippen LogP contribution in [0, 0.1) is 10.1 Å². The molecule has 0 atom stereocenters. The molecule has 0 bridgehead atoms. The molecule has 128 valence electrons. The van der Waals surface area contributed by atoms with Crippen molar-refractivity contribution in [2.45, 2.75) is 13.2 Å². The average molecular weight is 359 g/mol. The molecular formula is C18H15ClN2O4. The number of non-ortho nitro benzene ring substituents is 1. The van der Waals surface area contributed by atoms with Gasteiger partial charge in [-0.25, -0.2) is 0 Å². The minimum absolute atomic E-state index is 0. The van der Waals surface area contributed by atoms with Gasteiger partial charge < -0.3 is 21.9 Å². The number of rotatable bonds is 3. The van der Waals surface area contributed by atoms with Crippen LogP contribution in [-0.2, 0) is 17.9 Å². The summed E-state index contributed by atoms with van der Waals surface area (Å²) in [5.74, 6) is 0.688. The number of nitro groups is 1. The maximum Gasteiger partial charge on any atom is 0.270 e. The van der Waals surface area contributed by atoms with Crippen molar-refractivity contribution in [3.05, 3.63) is 76.1 Å². The van der Waals surface area contributed by atoms with E-state index in [0.717, 1.165) is 16.3 Å². The number of fused-ring (bicyclic) bond motifs is 2. The van der Waals surface area contributed by atoms with Crippen molar-refractivity contribution in [2.75, 3.05) is 6.79 Å². The number of nitro benzene ring substituents is 1. The Kier molecular flexibility index (Phi) is 4.83. The zero-order valence-corrected chi connectivity index (χ0v) is 14.0. The van der Waals surface area contributed by atoms with Crippen LogP contribution in [0.1, 0.15) is 11.1 Å². The predicted molar refractivity (Wildman–Crippen MR) is 86.6 cm³/mol. The maximum atomic E-state index is 11.2. The van der Waals surface area contributed by atoms with Gasteiger partial charge in [0.1, 0.15) is 5.75 Å². The van der Waals surface area contributed by atoms with E-state index in [1.54, 1.807) is 6.07 Å². The van der Waals surface area contributed by atoms with Crippen LogP contribution in [-0.4, -0.2) is 11.7 Å². The third-order valence-electron chi connectivity index (χ3n) is 4.08. The summed E-state index contributed by atoms with van der Waals surface area (Å²) in [5.41, 5.74) is 1.55. The van der Waals surface area contributed by atoms with Gasteiger partial charge in [-0.05, 0) is 11.5 Å². The van der Waals surface area contributed by atoms with Gasteiger partial charge in [-0.2, -0.15) is 4.57 Å². The van der Waals surface area contributed by atoms with Gasteiger partial charge in [-0.15, -0.1) is 0 Å². The zero-order chi connectivity index (χ0) is 16.5. The molecule has 2 heterocycles. The number of halogens is 1. The van der Waals surface area contributed by atoms with Crippen LogP contribution in [0.2, 0.25) is 0 Å². The van der Waals surface area contributed by atoms with Crippen LogP contribution in [0.25, 0.3) is 10.8 Å². The fourth-order valence-electron chi connectivity index (χ4n) is 2.98. The second-order valence-corrected chi connectivity index (χ2v) is 5.71. The molecule has 25 heavy (non-hydrogen) atoms. The first kappa shape index (κ1) is 17.1. The lowest BCUT2D eigenvalue weighted by molar-refractivity contribution is -0.687. The highest BCUT2D eigenvalue weighted by atomic mass is 35.5. The Morgan fingerprint density at radius 2 is 1.96 bits per heavy atom. The quantitative estimate of drug-likeness (QED) is 0.374. The normalized spacial score (nSPS) is 12.8. The zero-order valence-electron chi connectivity index (χ0n) is 13.2. The van der Waals surface area contributed by atoms with Crippen molar-refractivity contribution >= 4 is 16.5 Å². The van der Waals surface area contributed by atoms with Crippen LogP contribution in [0.5, 0.6) is 5.75 Å². The summed E-state index contributed by atoms with van der Waals surface area (Å²) in [5, 5.41) is 13.5. The van der Waals surface area contributed by atoms with E-state index in [-0.39, 0.29) is 29.8 Å². The van der Waals surface area contributed by atoms with E-state index >= 15 is 0 Å². The van der Waals surface area contributed by atoms with Gasteiger partial charge in [0.25, 0.3) is 5.69 Å². The molecule has 0 spiro atoms. The molecule has 0 fully saturated rings. The SMILES string of the molecule is O=[N+]([O-])c1cc2c(c(C[n+]3ccc4ccccc4c3)c1)OCOC2.[Cl-]. The molecule has 0 unspecified atom stereocenters. The van der Waals surface area contributed by atoms with E-state index in [1.165, 1.54) is 6.07 Å². The molecule has 7 heteroatoms. The lowest BCUT2D eigenvalue weighted by atomic mass is 10.1. The predicted octanol–water partition coefficient (Wildman–Crippen LogP) is -0.0457. The molecule has 6 nitrogen and oxygen atoms in total. The molecule has 2 aromatic carbocycles. The number of nitrogens with zero attached hydrogens (tertiary/aromatic N) is 2. The Hall–Kier alpha value is -2.70. The average Bonchev–Trinajstić information content (AvgIpc) is 2.61. The Morgan fingerprint density at radius 1 is 1.16 bits per heavy atom. The fraction of sp³-hybridized carbons (Fsp3) is 0.167. The van der Waals surface area contributed by atoms with Gasteiger partial charge in [0.2, 0.25) is 0 Å². The third-order valence-corrected chi connectivity index (χ3v) is 4.08. The Morgan fingerprint density at radius 3 is 2.76 bits per heavy atom. The lowest BCUT2D eigenvalue weighted by Crippen LogP contribution is -3.00. The van der Waals surface area contributed by atoms with Crippen LogP contribution >= 0.6 is 0 Å². The summed E-state index contributed by atoms with van der Waals surface area (Å²) in [6, 6.07) is 13.2. The summed E-state index contributed by atoms with van der Waals surface area (Å²) in [6.07, 6.45) is 3.99. The van der Waals surface area contributed by atoms with Crippen LogP contribution in [0.15, 0.2) is 54.9 Å². The second-order valence-electron chi connectivity index (χ2n) is 5.71. The molecule has 0 aliphatic carbocycles. The topological polar surface area (TPSA) is 65.5 Å². The highest BCUT2D eigenvalue weighted by molar-refractivity contribution is 5.80. The van der Waals surface area contributed by atoms with E-state index < -0.39 is 0 Å². The molecule has 0 saturated heterocycles. The van der Waals surface area contributed by atoms with Crippen molar-refractivity contribution in [3.8, 4) is 5.75 Å². The van der Waals surface area contributed by atoms with Gasteiger partial charge in [0.05, 0.1) is 17.1 Å². The van der Waals surface area contributed by atoms with E-state index in [2.05, 4.69) is 6.07 Å². The molecule has 4 rings (SSSR count). The van der Waals surface area contributed by atoms with Crippen LogP contribution < -0.4 is 21.7 Å². The smallest absolute Gasteiger partial charge is 0.270 e. The molecule has 0 amide bonds. The molecule has 3 aromatic rings. The number of hydrogen-bond acceptors (Lipinski definition) is 4. The van der Waals surface area contributed by atoms with Gasteiger partial charge >= 0.3 is 0 Å². The van der Waals surface area contributed by atoms with E-state index in [4.69, 9.17) is 9.47 Å². The van der Waals surface area contributed by atoms with E-state index in [1.807, 2.05) is 41.2 Å². The Bertz CT molecular complexity index is 946. The summed E-state index contributed by atoms with van der Waals surface area (Å²) >= 11 is 0. The summed E-state index contributed by atoms with van der Waals surface area (Å²) < 4.78 is 12.8. The fourth-order valence-corrected chi connectivity index (χ4v) is 2.98. The molecule has 0 saturated carbocycles. The van der Waals surface area contributed by atoms with E-state index in [9.17, 15) is 10.1 Å². The highest BCUT2D eigenvalue weighted by Crippen LogP contribution is 2.32. The van der Waals surface area contributed by atoms with Crippen molar-refractivity contribution in [1.29, 1.82) is 0 Å². The van der Waals surface area contributed by atoms with Crippen LogP contribution in [0.4, 0.5) is 5.69 Å². The Balaban J connectivity index is 0.00000182. The molecule has 1 aromatic heterocycles.